The Hall–Kier alpha value is -3.81. The van der Waals surface area contributed by atoms with Crippen molar-refractivity contribution in [2.24, 2.45) is 0 Å². The molecule has 4 aromatic rings. The average molecular weight is 411 g/mol. The number of hydrogen-bond donors (Lipinski definition) is 2. The number of alkyl halides is 3. The van der Waals surface area contributed by atoms with Gasteiger partial charge in [-0.3, -0.25) is 4.98 Å². The molecular formula is C22H16F3N3O2. The maximum Gasteiger partial charge on any atom is 0.416 e. The van der Waals surface area contributed by atoms with Gasteiger partial charge in [-0.25, -0.2) is 4.98 Å². The Morgan fingerprint density at radius 1 is 0.933 bits per heavy atom. The summed E-state index contributed by atoms with van der Waals surface area (Å²) in [6.45, 7) is 0. The molecule has 4 rings (SSSR count). The minimum atomic E-state index is -4.46. The van der Waals surface area contributed by atoms with Crippen LogP contribution in [0.2, 0.25) is 0 Å². The zero-order valence-corrected chi connectivity index (χ0v) is 15.7. The standard InChI is InChI=1S/C22H16F3N3O2/c1-30-18-12-15(5-6-17(18)29)21-27-19(13-7-9-26-10-8-13)20(28-21)14-3-2-4-16(11-14)22(23,24)25/h2-12,29H,1H3,(H,27,28). The molecule has 0 amide bonds. The highest BCUT2D eigenvalue weighted by molar-refractivity contribution is 5.81. The molecule has 0 unspecified atom stereocenters. The number of nitrogens with one attached hydrogen (secondary N) is 1. The second-order valence-corrected chi connectivity index (χ2v) is 6.51. The molecule has 0 radical (unpaired) electrons. The molecule has 2 heterocycles. The summed E-state index contributed by atoms with van der Waals surface area (Å²) in [6, 6.07) is 13.2. The van der Waals surface area contributed by atoms with Crippen LogP contribution < -0.4 is 4.74 Å². The number of phenols is 1. The molecule has 2 N–H and O–H groups in total. The highest BCUT2D eigenvalue weighted by Gasteiger charge is 2.31. The highest BCUT2D eigenvalue weighted by Crippen LogP contribution is 2.37. The average Bonchev–Trinajstić information content (AvgIpc) is 3.20. The van der Waals surface area contributed by atoms with Crippen molar-refractivity contribution in [1.29, 1.82) is 0 Å². The molecule has 0 bridgehead atoms. The summed E-state index contributed by atoms with van der Waals surface area (Å²) in [7, 11) is 1.43. The molecule has 0 fully saturated rings. The van der Waals surface area contributed by atoms with E-state index in [1.807, 2.05) is 0 Å². The van der Waals surface area contributed by atoms with Crippen LogP contribution in [-0.4, -0.2) is 27.2 Å². The van der Waals surface area contributed by atoms with Crippen LogP contribution in [-0.2, 0) is 6.18 Å². The van der Waals surface area contributed by atoms with E-state index in [2.05, 4.69) is 15.0 Å². The van der Waals surface area contributed by atoms with E-state index in [0.29, 0.717) is 33.9 Å². The fourth-order valence-corrected chi connectivity index (χ4v) is 3.11. The molecule has 0 atom stereocenters. The smallest absolute Gasteiger partial charge is 0.416 e. The third-order valence-corrected chi connectivity index (χ3v) is 4.59. The van der Waals surface area contributed by atoms with Crippen LogP contribution in [0.5, 0.6) is 11.5 Å². The monoisotopic (exact) mass is 411 g/mol. The number of ether oxygens (including phenoxy) is 1. The molecule has 2 aromatic carbocycles. The van der Waals surface area contributed by atoms with Gasteiger partial charge in [-0.1, -0.05) is 12.1 Å². The van der Waals surface area contributed by atoms with Crippen LogP contribution in [0.4, 0.5) is 13.2 Å². The normalized spacial score (nSPS) is 11.5. The Morgan fingerprint density at radius 3 is 2.40 bits per heavy atom. The van der Waals surface area contributed by atoms with Gasteiger partial charge in [0.05, 0.1) is 24.1 Å². The van der Waals surface area contributed by atoms with Crippen molar-refractivity contribution in [3.05, 3.63) is 72.6 Å². The quantitative estimate of drug-likeness (QED) is 0.463. The number of aromatic amines is 1. The number of methoxy groups -OCH3 is 1. The van der Waals surface area contributed by atoms with E-state index in [0.717, 1.165) is 12.1 Å². The Kier molecular flexibility index (Phi) is 4.91. The maximum absolute atomic E-state index is 13.2. The lowest BCUT2D eigenvalue weighted by Gasteiger charge is -2.09. The highest BCUT2D eigenvalue weighted by atomic mass is 19.4. The van der Waals surface area contributed by atoms with Gasteiger partial charge in [-0.05, 0) is 42.5 Å². The summed E-state index contributed by atoms with van der Waals surface area (Å²) >= 11 is 0. The summed E-state index contributed by atoms with van der Waals surface area (Å²) in [5.41, 5.74) is 1.83. The molecule has 0 aliphatic rings. The van der Waals surface area contributed by atoms with Gasteiger partial charge >= 0.3 is 6.18 Å². The molecule has 8 heteroatoms. The number of aromatic hydroxyl groups is 1. The first-order chi connectivity index (χ1) is 14.4. The Bertz CT molecular complexity index is 1190. The SMILES string of the molecule is COc1cc(-c2nc(-c3ccncc3)c(-c3cccc(C(F)(F)F)c3)[nH]2)ccc1O. The number of rotatable bonds is 4. The summed E-state index contributed by atoms with van der Waals surface area (Å²) in [5.74, 6) is 0.655. The number of halogens is 3. The molecular weight excluding hydrogens is 395 g/mol. The van der Waals surface area contributed by atoms with Gasteiger partial charge in [-0.2, -0.15) is 13.2 Å². The number of aromatic nitrogens is 3. The molecule has 5 nitrogen and oxygen atoms in total. The van der Waals surface area contributed by atoms with Gasteiger partial charge in [0.2, 0.25) is 0 Å². The van der Waals surface area contributed by atoms with E-state index in [-0.39, 0.29) is 11.5 Å². The van der Waals surface area contributed by atoms with Crippen LogP contribution in [0.25, 0.3) is 33.9 Å². The van der Waals surface area contributed by atoms with Gasteiger partial charge in [-0.15, -0.1) is 0 Å². The first-order valence-electron chi connectivity index (χ1n) is 8.92. The van der Waals surface area contributed by atoms with Gasteiger partial charge < -0.3 is 14.8 Å². The summed E-state index contributed by atoms with van der Waals surface area (Å²) in [4.78, 5) is 11.7. The van der Waals surface area contributed by atoms with Gasteiger partial charge in [0.1, 0.15) is 5.82 Å². The van der Waals surface area contributed by atoms with Gasteiger partial charge in [0, 0.05) is 29.1 Å². The van der Waals surface area contributed by atoms with Crippen molar-refractivity contribution < 1.29 is 23.0 Å². The number of benzene rings is 2. The molecule has 0 saturated carbocycles. The van der Waals surface area contributed by atoms with Crippen molar-refractivity contribution in [1.82, 2.24) is 15.0 Å². The first kappa shape index (κ1) is 19.5. The first-order valence-corrected chi connectivity index (χ1v) is 8.92. The van der Waals surface area contributed by atoms with Crippen LogP contribution in [0, 0.1) is 0 Å². The third-order valence-electron chi connectivity index (χ3n) is 4.59. The van der Waals surface area contributed by atoms with Crippen molar-refractivity contribution in [3.8, 4) is 45.4 Å². The van der Waals surface area contributed by atoms with Crippen LogP contribution in [0.3, 0.4) is 0 Å². The number of hydrogen-bond acceptors (Lipinski definition) is 4. The van der Waals surface area contributed by atoms with Crippen molar-refractivity contribution >= 4 is 0 Å². The maximum atomic E-state index is 13.2. The van der Waals surface area contributed by atoms with Crippen LogP contribution in [0.1, 0.15) is 5.56 Å². The van der Waals surface area contributed by atoms with Gasteiger partial charge in [0.25, 0.3) is 0 Å². The molecule has 0 aliphatic carbocycles. The number of nitrogens with zero attached hydrogens (tertiary/aromatic N) is 2. The van der Waals surface area contributed by atoms with E-state index in [1.54, 1.807) is 42.7 Å². The van der Waals surface area contributed by atoms with Crippen molar-refractivity contribution in [2.75, 3.05) is 7.11 Å². The predicted octanol–water partition coefficient (Wildman–Crippen LogP) is 5.54. The third kappa shape index (κ3) is 3.71. The molecule has 30 heavy (non-hydrogen) atoms. The fraction of sp³-hybridized carbons (Fsp3) is 0.0909. The predicted molar refractivity (Wildman–Crippen MR) is 106 cm³/mol. The molecule has 0 aliphatic heterocycles. The van der Waals surface area contributed by atoms with Crippen LogP contribution in [0.15, 0.2) is 67.0 Å². The molecule has 152 valence electrons. The van der Waals surface area contributed by atoms with Crippen molar-refractivity contribution in [3.63, 3.8) is 0 Å². The second kappa shape index (κ2) is 7.55. The summed E-state index contributed by atoms with van der Waals surface area (Å²) < 4.78 is 44.8. The van der Waals surface area contributed by atoms with E-state index >= 15 is 0 Å². The Labute approximate surface area is 169 Å². The lowest BCUT2D eigenvalue weighted by Crippen LogP contribution is -2.04. The van der Waals surface area contributed by atoms with E-state index < -0.39 is 11.7 Å². The minimum Gasteiger partial charge on any atom is -0.504 e. The van der Waals surface area contributed by atoms with E-state index in [9.17, 15) is 18.3 Å². The topological polar surface area (TPSA) is 71.0 Å². The lowest BCUT2D eigenvalue weighted by molar-refractivity contribution is -0.137. The zero-order valence-electron chi connectivity index (χ0n) is 15.7. The molecule has 0 saturated heterocycles. The molecule has 2 aromatic heterocycles. The summed E-state index contributed by atoms with van der Waals surface area (Å²) in [6.07, 6.45) is -1.29. The Morgan fingerprint density at radius 2 is 1.70 bits per heavy atom. The number of phenolic OH excluding ortho intramolecular Hbond substituents is 1. The second-order valence-electron chi connectivity index (χ2n) is 6.51. The molecule has 0 spiro atoms. The largest absolute Gasteiger partial charge is 0.504 e. The lowest BCUT2D eigenvalue weighted by atomic mass is 10.0. The van der Waals surface area contributed by atoms with Crippen molar-refractivity contribution in [2.45, 2.75) is 6.18 Å². The number of imidazole rings is 1. The summed E-state index contributed by atoms with van der Waals surface area (Å²) in [5, 5.41) is 9.84. The Balaban J connectivity index is 1.90. The van der Waals surface area contributed by atoms with E-state index in [4.69, 9.17) is 4.74 Å². The van der Waals surface area contributed by atoms with E-state index in [1.165, 1.54) is 19.2 Å². The fourth-order valence-electron chi connectivity index (χ4n) is 3.11. The number of pyridine rings is 1. The minimum absolute atomic E-state index is 0.0275. The van der Waals surface area contributed by atoms with Crippen LogP contribution >= 0.6 is 0 Å². The van der Waals surface area contributed by atoms with Gasteiger partial charge in [0.15, 0.2) is 11.5 Å². The number of H-pyrrole nitrogens is 1. The zero-order chi connectivity index (χ0) is 21.3.